The van der Waals surface area contributed by atoms with Crippen molar-refractivity contribution in [3.63, 3.8) is 0 Å². The summed E-state index contributed by atoms with van der Waals surface area (Å²) in [4.78, 5) is 31.4. The molecule has 0 aliphatic heterocycles. The molecule has 0 saturated heterocycles. The van der Waals surface area contributed by atoms with Crippen molar-refractivity contribution in [1.82, 2.24) is 9.97 Å². The quantitative estimate of drug-likeness (QED) is 0.392. The molecule has 7 nitrogen and oxygen atoms in total. The summed E-state index contributed by atoms with van der Waals surface area (Å²) < 4.78 is 9.07. The lowest BCUT2D eigenvalue weighted by atomic mass is 10.2. The van der Waals surface area contributed by atoms with Crippen LogP contribution in [-0.2, 0) is 19.1 Å². The summed E-state index contributed by atoms with van der Waals surface area (Å²) in [5.74, 6) is -1.58. The molecule has 0 fully saturated rings. The van der Waals surface area contributed by atoms with Gasteiger partial charge >= 0.3 is 11.9 Å². The number of anilines is 1. The molecular formula is C14H13N3O4. The van der Waals surface area contributed by atoms with Gasteiger partial charge in [-0.15, -0.1) is 0 Å². The molecule has 7 heteroatoms. The summed E-state index contributed by atoms with van der Waals surface area (Å²) >= 11 is 0. The number of hydrogen-bond acceptors (Lipinski definition) is 7. The molecule has 0 aliphatic carbocycles. The molecule has 21 heavy (non-hydrogen) atoms. The third-order valence-corrected chi connectivity index (χ3v) is 2.68. The number of fused-ring (bicyclic) bond motifs is 1. The standard InChI is InChI=1S/C14H13N3O4/c1-20-13(18)9(14(19)21-2)8-17-11-5-3-4-10-12(11)16-7-6-15-10/h3-8,17H,1-2H3. The van der Waals surface area contributed by atoms with Crippen LogP contribution in [0.4, 0.5) is 5.69 Å². The maximum absolute atomic E-state index is 11.5. The highest BCUT2D eigenvalue weighted by Gasteiger charge is 2.19. The number of carbonyl (C=O) groups is 2. The van der Waals surface area contributed by atoms with Crippen LogP contribution in [0.15, 0.2) is 42.4 Å². The van der Waals surface area contributed by atoms with Gasteiger partial charge in [0.2, 0.25) is 0 Å². The van der Waals surface area contributed by atoms with Crippen LogP contribution in [0.2, 0.25) is 0 Å². The molecule has 0 atom stereocenters. The normalized spacial score (nSPS) is 9.81. The van der Waals surface area contributed by atoms with Gasteiger partial charge in [0, 0.05) is 18.6 Å². The Labute approximate surface area is 120 Å². The highest BCUT2D eigenvalue weighted by Crippen LogP contribution is 2.19. The van der Waals surface area contributed by atoms with Crippen molar-refractivity contribution in [2.75, 3.05) is 19.5 Å². The largest absolute Gasteiger partial charge is 0.465 e. The number of methoxy groups -OCH3 is 2. The van der Waals surface area contributed by atoms with Crippen LogP contribution in [0.3, 0.4) is 0 Å². The number of aromatic nitrogens is 2. The van der Waals surface area contributed by atoms with Crippen molar-refractivity contribution in [2.45, 2.75) is 0 Å². The average molecular weight is 287 g/mol. The molecular weight excluding hydrogens is 274 g/mol. The number of ether oxygens (including phenoxy) is 2. The van der Waals surface area contributed by atoms with Gasteiger partial charge in [-0.25, -0.2) is 9.59 Å². The van der Waals surface area contributed by atoms with Crippen molar-refractivity contribution in [3.05, 3.63) is 42.4 Å². The minimum Gasteiger partial charge on any atom is -0.465 e. The van der Waals surface area contributed by atoms with E-state index in [1.54, 1.807) is 30.6 Å². The molecule has 1 aromatic heterocycles. The van der Waals surface area contributed by atoms with E-state index in [0.29, 0.717) is 16.7 Å². The van der Waals surface area contributed by atoms with Gasteiger partial charge < -0.3 is 14.8 Å². The third-order valence-electron chi connectivity index (χ3n) is 2.68. The fourth-order valence-electron chi connectivity index (χ4n) is 1.68. The van der Waals surface area contributed by atoms with Gasteiger partial charge in [-0.2, -0.15) is 0 Å². The lowest BCUT2D eigenvalue weighted by Crippen LogP contribution is -2.17. The van der Waals surface area contributed by atoms with Crippen molar-refractivity contribution >= 4 is 28.7 Å². The van der Waals surface area contributed by atoms with Crippen LogP contribution >= 0.6 is 0 Å². The molecule has 1 aromatic carbocycles. The van der Waals surface area contributed by atoms with E-state index < -0.39 is 11.9 Å². The Bertz CT molecular complexity index is 689. The van der Waals surface area contributed by atoms with E-state index >= 15 is 0 Å². The summed E-state index contributed by atoms with van der Waals surface area (Å²) in [6.45, 7) is 0. The Balaban J connectivity index is 2.36. The first-order valence-corrected chi connectivity index (χ1v) is 6.00. The number of hydrogen-bond donors (Lipinski definition) is 1. The zero-order valence-electron chi connectivity index (χ0n) is 11.5. The van der Waals surface area contributed by atoms with E-state index in [1.807, 2.05) is 0 Å². The molecule has 0 radical (unpaired) electrons. The highest BCUT2D eigenvalue weighted by molar-refractivity contribution is 6.14. The smallest absolute Gasteiger partial charge is 0.346 e. The molecule has 0 amide bonds. The lowest BCUT2D eigenvalue weighted by Gasteiger charge is -2.07. The minimum absolute atomic E-state index is 0.249. The molecule has 0 aliphatic rings. The maximum Gasteiger partial charge on any atom is 0.346 e. The van der Waals surface area contributed by atoms with Crippen LogP contribution in [0.1, 0.15) is 0 Å². The monoisotopic (exact) mass is 287 g/mol. The summed E-state index contributed by atoms with van der Waals surface area (Å²) in [6, 6.07) is 5.33. The van der Waals surface area contributed by atoms with E-state index in [2.05, 4.69) is 24.8 Å². The van der Waals surface area contributed by atoms with E-state index in [4.69, 9.17) is 0 Å². The Morgan fingerprint density at radius 3 is 2.43 bits per heavy atom. The number of para-hydroxylation sites is 1. The molecule has 0 spiro atoms. The Morgan fingerprint density at radius 1 is 1.10 bits per heavy atom. The van der Waals surface area contributed by atoms with Crippen molar-refractivity contribution < 1.29 is 19.1 Å². The van der Waals surface area contributed by atoms with Crippen molar-refractivity contribution in [3.8, 4) is 0 Å². The molecule has 108 valence electrons. The van der Waals surface area contributed by atoms with E-state index in [1.165, 1.54) is 20.4 Å². The summed E-state index contributed by atoms with van der Waals surface area (Å²) in [5, 5.41) is 2.85. The first kappa shape index (κ1) is 14.4. The van der Waals surface area contributed by atoms with Crippen LogP contribution in [-0.4, -0.2) is 36.1 Å². The second-order valence-electron chi connectivity index (χ2n) is 3.92. The summed E-state index contributed by atoms with van der Waals surface area (Å²) in [7, 11) is 2.37. The highest BCUT2D eigenvalue weighted by atomic mass is 16.5. The van der Waals surface area contributed by atoms with Gasteiger partial charge in [0.05, 0.1) is 25.4 Å². The van der Waals surface area contributed by atoms with Gasteiger partial charge in [-0.05, 0) is 12.1 Å². The molecule has 1 heterocycles. The molecule has 0 unspecified atom stereocenters. The number of rotatable bonds is 4. The molecule has 2 aromatic rings. The van der Waals surface area contributed by atoms with Gasteiger partial charge in [0.1, 0.15) is 5.52 Å². The Kier molecular flexibility index (Phi) is 4.45. The predicted molar refractivity (Wildman–Crippen MR) is 75.3 cm³/mol. The van der Waals surface area contributed by atoms with Gasteiger partial charge in [0.15, 0.2) is 5.57 Å². The van der Waals surface area contributed by atoms with Gasteiger partial charge in [-0.3, -0.25) is 9.97 Å². The van der Waals surface area contributed by atoms with Gasteiger partial charge in [-0.1, -0.05) is 6.07 Å². The van der Waals surface area contributed by atoms with Crippen LogP contribution in [0.25, 0.3) is 11.0 Å². The number of esters is 2. The van der Waals surface area contributed by atoms with Crippen LogP contribution in [0.5, 0.6) is 0 Å². The van der Waals surface area contributed by atoms with E-state index in [-0.39, 0.29) is 5.57 Å². The zero-order valence-corrected chi connectivity index (χ0v) is 11.5. The number of benzene rings is 1. The second-order valence-corrected chi connectivity index (χ2v) is 3.92. The minimum atomic E-state index is -0.791. The summed E-state index contributed by atoms with van der Waals surface area (Å²) in [6.07, 6.45) is 4.36. The molecule has 0 saturated carbocycles. The van der Waals surface area contributed by atoms with Crippen molar-refractivity contribution in [2.24, 2.45) is 0 Å². The topological polar surface area (TPSA) is 90.4 Å². The predicted octanol–water partition coefficient (Wildman–Crippen LogP) is 1.27. The molecule has 0 bridgehead atoms. The van der Waals surface area contributed by atoms with Crippen LogP contribution < -0.4 is 5.32 Å². The second kappa shape index (κ2) is 6.47. The average Bonchev–Trinajstić information content (AvgIpc) is 2.54. The Hall–Kier alpha value is -2.96. The van der Waals surface area contributed by atoms with Gasteiger partial charge in [0.25, 0.3) is 0 Å². The SMILES string of the molecule is COC(=O)C(=CNc1cccc2nccnc12)C(=O)OC. The van der Waals surface area contributed by atoms with E-state index in [9.17, 15) is 9.59 Å². The first-order valence-electron chi connectivity index (χ1n) is 6.00. The molecule has 2 rings (SSSR count). The number of nitrogens with one attached hydrogen (secondary N) is 1. The Morgan fingerprint density at radius 2 is 1.76 bits per heavy atom. The van der Waals surface area contributed by atoms with Crippen LogP contribution in [0, 0.1) is 0 Å². The summed E-state index contributed by atoms with van der Waals surface area (Å²) in [5.41, 5.74) is 1.66. The maximum atomic E-state index is 11.5. The fraction of sp³-hybridized carbons (Fsp3) is 0.143. The zero-order chi connectivity index (χ0) is 15.2. The van der Waals surface area contributed by atoms with E-state index in [0.717, 1.165) is 0 Å². The first-order chi connectivity index (χ1) is 10.2. The van der Waals surface area contributed by atoms with Crippen molar-refractivity contribution in [1.29, 1.82) is 0 Å². The fourth-order valence-corrected chi connectivity index (χ4v) is 1.68. The lowest BCUT2D eigenvalue weighted by molar-refractivity contribution is -0.144. The number of nitrogens with zero attached hydrogens (tertiary/aromatic N) is 2. The number of carbonyl (C=O) groups excluding carboxylic acids is 2. The third kappa shape index (κ3) is 3.14. The molecule has 1 N–H and O–H groups in total.